The third-order valence-electron chi connectivity index (χ3n) is 4.36. The molecule has 0 saturated heterocycles. The van der Waals surface area contributed by atoms with Gasteiger partial charge in [0, 0.05) is 29.0 Å². The Kier molecular flexibility index (Phi) is 3.10. The Bertz CT molecular complexity index is 1150. The van der Waals surface area contributed by atoms with E-state index in [-0.39, 0.29) is 5.56 Å². The van der Waals surface area contributed by atoms with Crippen molar-refractivity contribution in [1.29, 1.82) is 5.26 Å². The van der Waals surface area contributed by atoms with E-state index in [1.54, 1.807) is 6.07 Å². The number of nitriles is 1. The SMILES string of the molecule is Cc1cc2c(cc1-c1cccc[n+]1C)oc1cc(F)c(C#N)cc12. The van der Waals surface area contributed by atoms with Crippen molar-refractivity contribution in [2.75, 3.05) is 0 Å². The van der Waals surface area contributed by atoms with E-state index in [0.29, 0.717) is 11.2 Å². The van der Waals surface area contributed by atoms with Crippen molar-refractivity contribution in [3.63, 3.8) is 0 Å². The van der Waals surface area contributed by atoms with E-state index in [1.807, 2.05) is 61.1 Å². The summed E-state index contributed by atoms with van der Waals surface area (Å²) in [5.41, 5.74) is 4.39. The van der Waals surface area contributed by atoms with Crippen molar-refractivity contribution in [3.05, 3.63) is 65.6 Å². The Morgan fingerprint density at radius 2 is 1.83 bits per heavy atom. The zero-order valence-electron chi connectivity index (χ0n) is 13.3. The molecule has 4 rings (SSSR count). The van der Waals surface area contributed by atoms with Crippen molar-refractivity contribution < 1.29 is 13.4 Å². The fourth-order valence-corrected chi connectivity index (χ4v) is 3.12. The molecule has 24 heavy (non-hydrogen) atoms. The van der Waals surface area contributed by atoms with Gasteiger partial charge in [0.1, 0.15) is 30.1 Å². The molecule has 2 aromatic heterocycles. The van der Waals surface area contributed by atoms with Gasteiger partial charge in [0.2, 0.25) is 5.69 Å². The standard InChI is InChI=1S/C20H14FN2O/c1-12-7-15-16-8-13(11-22)17(21)10-20(16)24-19(15)9-14(12)18-5-3-4-6-23(18)2/h3-10H,1-2H3/q+1. The maximum atomic E-state index is 13.8. The van der Waals surface area contributed by atoms with Gasteiger partial charge < -0.3 is 4.42 Å². The second-order valence-corrected chi connectivity index (χ2v) is 5.90. The van der Waals surface area contributed by atoms with Crippen LogP contribution < -0.4 is 4.57 Å². The zero-order valence-corrected chi connectivity index (χ0v) is 13.3. The molecule has 0 bridgehead atoms. The Hall–Kier alpha value is -3.19. The van der Waals surface area contributed by atoms with Crippen LogP contribution in [0.5, 0.6) is 0 Å². The molecule has 4 heteroatoms. The predicted octanol–water partition coefficient (Wildman–Crippen LogP) is 4.40. The molecule has 0 atom stereocenters. The van der Waals surface area contributed by atoms with E-state index in [2.05, 4.69) is 0 Å². The number of fused-ring (bicyclic) bond motifs is 3. The summed E-state index contributed by atoms with van der Waals surface area (Å²) in [6, 6.07) is 14.7. The Morgan fingerprint density at radius 3 is 2.58 bits per heavy atom. The van der Waals surface area contributed by atoms with Gasteiger partial charge in [-0.2, -0.15) is 5.26 Å². The smallest absolute Gasteiger partial charge is 0.212 e. The number of aromatic nitrogens is 1. The molecule has 0 aliphatic carbocycles. The fraction of sp³-hybridized carbons (Fsp3) is 0.100. The molecule has 0 aliphatic heterocycles. The number of furan rings is 1. The summed E-state index contributed by atoms with van der Waals surface area (Å²) in [5, 5.41) is 10.7. The Labute approximate surface area is 138 Å². The first-order chi connectivity index (χ1) is 11.6. The van der Waals surface area contributed by atoms with E-state index in [4.69, 9.17) is 9.68 Å². The molecule has 116 valence electrons. The molecule has 0 N–H and O–H groups in total. The minimum atomic E-state index is -0.560. The van der Waals surface area contributed by atoms with E-state index in [9.17, 15) is 4.39 Å². The molecule has 4 aromatic rings. The summed E-state index contributed by atoms with van der Waals surface area (Å²) in [4.78, 5) is 0. The molecule has 0 fully saturated rings. The van der Waals surface area contributed by atoms with Gasteiger partial charge in [0.05, 0.1) is 11.1 Å². The number of benzene rings is 2. The molecule has 2 aromatic carbocycles. The number of aryl methyl sites for hydroxylation is 2. The fourth-order valence-electron chi connectivity index (χ4n) is 3.12. The van der Waals surface area contributed by atoms with E-state index in [0.717, 1.165) is 27.6 Å². The lowest BCUT2D eigenvalue weighted by molar-refractivity contribution is -0.660. The largest absolute Gasteiger partial charge is 0.456 e. The molecule has 0 amide bonds. The average molecular weight is 317 g/mol. The lowest BCUT2D eigenvalue weighted by Gasteiger charge is -2.04. The van der Waals surface area contributed by atoms with Gasteiger partial charge in [-0.15, -0.1) is 0 Å². The number of hydrogen-bond donors (Lipinski definition) is 0. The maximum Gasteiger partial charge on any atom is 0.212 e. The molecule has 0 saturated carbocycles. The minimum Gasteiger partial charge on any atom is -0.456 e. The molecular weight excluding hydrogens is 303 g/mol. The van der Waals surface area contributed by atoms with Gasteiger partial charge in [0.15, 0.2) is 6.20 Å². The van der Waals surface area contributed by atoms with Gasteiger partial charge in [-0.3, -0.25) is 0 Å². The minimum absolute atomic E-state index is 0.0291. The highest BCUT2D eigenvalue weighted by Gasteiger charge is 2.17. The topological polar surface area (TPSA) is 40.8 Å². The second-order valence-electron chi connectivity index (χ2n) is 5.90. The first-order valence-corrected chi connectivity index (χ1v) is 7.60. The second kappa shape index (κ2) is 5.17. The first kappa shape index (κ1) is 14.4. The summed E-state index contributed by atoms with van der Waals surface area (Å²) in [6.45, 7) is 2.04. The third kappa shape index (κ3) is 2.06. The van der Waals surface area contributed by atoms with Crippen LogP contribution in [-0.4, -0.2) is 0 Å². The van der Waals surface area contributed by atoms with E-state index >= 15 is 0 Å². The third-order valence-corrected chi connectivity index (χ3v) is 4.36. The molecule has 3 nitrogen and oxygen atoms in total. The molecule has 0 radical (unpaired) electrons. The van der Waals surface area contributed by atoms with Gasteiger partial charge in [-0.05, 0) is 36.8 Å². The Balaban J connectivity index is 2.05. The number of nitrogens with zero attached hydrogens (tertiary/aromatic N) is 2. The number of halogens is 1. The molecule has 2 heterocycles. The van der Waals surface area contributed by atoms with Crippen molar-refractivity contribution in [2.45, 2.75) is 6.92 Å². The van der Waals surface area contributed by atoms with Gasteiger partial charge in [-0.25, -0.2) is 8.96 Å². The van der Waals surface area contributed by atoms with Crippen LogP contribution in [0.2, 0.25) is 0 Å². The van der Waals surface area contributed by atoms with Crippen LogP contribution in [0.3, 0.4) is 0 Å². The number of hydrogen-bond acceptors (Lipinski definition) is 2. The normalized spacial score (nSPS) is 11.1. The van der Waals surface area contributed by atoms with Crippen molar-refractivity contribution in [1.82, 2.24) is 0 Å². The van der Waals surface area contributed by atoms with Gasteiger partial charge >= 0.3 is 0 Å². The zero-order chi connectivity index (χ0) is 16.8. The lowest BCUT2D eigenvalue weighted by atomic mass is 10.0. The van der Waals surface area contributed by atoms with Crippen LogP contribution in [0.15, 0.2) is 53.1 Å². The van der Waals surface area contributed by atoms with Crippen molar-refractivity contribution in [3.8, 4) is 17.3 Å². The van der Waals surface area contributed by atoms with E-state index in [1.165, 1.54) is 6.07 Å². The maximum absolute atomic E-state index is 13.8. The van der Waals surface area contributed by atoms with Crippen LogP contribution >= 0.6 is 0 Å². The van der Waals surface area contributed by atoms with Crippen LogP contribution in [0.4, 0.5) is 4.39 Å². The highest BCUT2D eigenvalue weighted by Crippen LogP contribution is 2.34. The highest BCUT2D eigenvalue weighted by molar-refractivity contribution is 6.06. The monoisotopic (exact) mass is 317 g/mol. The van der Waals surface area contributed by atoms with Gasteiger partial charge in [-0.1, -0.05) is 0 Å². The molecular formula is C20H14FN2O+. The van der Waals surface area contributed by atoms with Crippen molar-refractivity contribution in [2.24, 2.45) is 7.05 Å². The van der Waals surface area contributed by atoms with Crippen LogP contribution in [0.25, 0.3) is 33.2 Å². The number of pyridine rings is 1. The highest BCUT2D eigenvalue weighted by atomic mass is 19.1. The average Bonchev–Trinajstić information content (AvgIpc) is 2.90. The first-order valence-electron chi connectivity index (χ1n) is 7.60. The Morgan fingerprint density at radius 1 is 1.08 bits per heavy atom. The molecule has 0 spiro atoms. The van der Waals surface area contributed by atoms with Crippen LogP contribution in [0, 0.1) is 24.1 Å². The summed E-state index contributed by atoms with van der Waals surface area (Å²) in [7, 11) is 1.99. The molecule has 0 aliphatic rings. The summed E-state index contributed by atoms with van der Waals surface area (Å²) >= 11 is 0. The predicted molar refractivity (Wildman–Crippen MR) is 89.7 cm³/mol. The lowest BCUT2D eigenvalue weighted by Crippen LogP contribution is -2.30. The van der Waals surface area contributed by atoms with Gasteiger partial charge in [0.25, 0.3) is 0 Å². The van der Waals surface area contributed by atoms with Crippen LogP contribution in [0.1, 0.15) is 11.1 Å². The summed E-state index contributed by atoms with van der Waals surface area (Å²) in [5.74, 6) is -0.560. The quantitative estimate of drug-likeness (QED) is 0.488. The number of rotatable bonds is 1. The summed E-state index contributed by atoms with van der Waals surface area (Å²) < 4.78 is 21.7. The molecule has 0 unspecified atom stereocenters. The van der Waals surface area contributed by atoms with Crippen molar-refractivity contribution >= 4 is 21.9 Å². The van der Waals surface area contributed by atoms with Crippen LogP contribution in [-0.2, 0) is 7.05 Å². The van der Waals surface area contributed by atoms with E-state index < -0.39 is 5.82 Å². The summed E-state index contributed by atoms with van der Waals surface area (Å²) in [6.07, 6.45) is 1.99.